The number of fused-ring (bicyclic) bond motifs is 2. The zero-order valence-electron chi connectivity index (χ0n) is 15.6. The molecule has 2 aliphatic heterocycles. The lowest BCUT2D eigenvalue weighted by molar-refractivity contribution is -0.110. The number of hydrogen-bond acceptors (Lipinski definition) is 7. The van der Waals surface area contributed by atoms with Gasteiger partial charge in [-0.25, -0.2) is 4.98 Å². The van der Waals surface area contributed by atoms with E-state index in [1.807, 2.05) is 0 Å². The number of nitrogens with zero attached hydrogens (tertiary/aromatic N) is 3. The summed E-state index contributed by atoms with van der Waals surface area (Å²) in [6, 6.07) is 0.340. The summed E-state index contributed by atoms with van der Waals surface area (Å²) in [7, 11) is 1.59. The number of aromatic nitrogens is 2. The normalized spacial score (nSPS) is 25.6. The monoisotopic (exact) mass is 409 g/mol. The summed E-state index contributed by atoms with van der Waals surface area (Å²) in [6.07, 6.45) is 6.08. The van der Waals surface area contributed by atoms with E-state index in [0.29, 0.717) is 22.9 Å². The Hall–Kier alpha value is -1.25. The minimum atomic E-state index is -0.281. The van der Waals surface area contributed by atoms with E-state index in [0.717, 1.165) is 43.6 Å². The molecule has 146 valence electrons. The molecular weight excluding hydrogens is 386 g/mol. The lowest BCUT2D eigenvalue weighted by Gasteiger charge is -2.47. The smallest absolute Gasteiger partial charge is 0.231 e. The van der Waals surface area contributed by atoms with Crippen molar-refractivity contribution in [2.75, 3.05) is 20.3 Å². The molecule has 2 atom stereocenters. The predicted octanol–water partition coefficient (Wildman–Crippen LogP) is 3.14. The molecule has 2 aliphatic rings. The highest BCUT2D eigenvalue weighted by molar-refractivity contribution is 7.16. The van der Waals surface area contributed by atoms with Gasteiger partial charge in [0.25, 0.3) is 0 Å². The second-order valence-corrected chi connectivity index (χ2v) is 8.86. The third kappa shape index (κ3) is 3.47. The fourth-order valence-corrected chi connectivity index (χ4v) is 5.91. The molecule has 1 spiro atoms. The fourth-order valence-electron chi connectivity index (χ4n) is 4.24. The Kier molecular flexibility index (Phi) is 5.40. The second kappa shape index (κ2) is 7.64. The predicted molar refractivity (Wildman–Crippen MR) is 104 cm³/mol. The van der Waals surface area contributed by atoms with E-state index in [1.165, 1.54) is 10.4 Å². The van der Waals surface area contributed by atoms with Crippen LogP contribution in [-0.4, -0.2) is 46.3 Å². The number of aliphatic hydroxyl groups excluding tert-OH is 1. The summed E-state index contributed by atoms with van der Waals surface area (Å²) in [6.45, 7) is 4.59. The van der Waals surface area contributed by atoms with Crippen LogP contribution in [0.4, 0.5) is 0 Å². The molecule has 1 fully saturated rings. The van der Waals surface area contributed by atoms with E-state index in [-0.39, 0.29) is 12.2 Å². The minimum Gasteiger partial charge on any atom is -0.480 e. The molecule has 8 heteroatoms. The molecule has 6 nitrogen and oxygen atoms in total. The van der Waals surface area contributed by atoms with E-state index in [2.05, 4.69) is 21.8 Å². The Labute approximate surface area is 168 Å². The van der Waals surface area contributed by atoms with Crippen molar-refractivity contribution in [2.45, 2.75) is 51.0 Å². The Morgan fingerprint density at radius 3 is 2.96 bits per heavy atom. The fraction of sp³-hybridized carbons (Fsp3) is 0.579. The second-order valence-electron chi connectivity index (χ2n) is 7.24. The molecule has 0 aromatic carbocycles. The van der Waals surface area contributed by atoms with Crippen LogP contribution in [0.1, 0.15) is 41.5 Å². The van der Waals surface area contributed by atoms with Crippen molar-refractivity contribution in [3.05, 3.63) is 38.4 Å². The summed E-state index contributed by atoms with van der Waals surface area (Å²) in [5, 5.41) is 9.70. The third-order valence-corrected chi connectivity index (χ3v) is 7.38. The molecule has 0 saturated carbocycles. The molecule has 0 amide bonds. The van der Waals surface area contributed by atoms with Gasteiger partial charge in [0.15, 0.2) is 0 Å². The van der Waals surface area contributed by atoms with Crippen LogP contribution in [0.2, 0.25) is 4.34 Å². The molecule has 2 aromatic heterocycles. The summed E-state index contributed by atoms with van der Waals surface area (Å²) < 4.78 is 12.1. The molecular formula is C19H24ClN3O3S. The topological polar surface area (TPSA) is 67.7 Å². The summed E-state index contributed by atoms with van der Waals surface area (Å²) in [4.78, 5) is 12.3. The van der Waals surface area contributed by atoms with Gasteiger partial charge in [0.2, 0.25) is 5.88 Å². The van der Waals surface area contributed by atoms with Crippen LogP contribution in [0.25, 0.3) is 0 Å². The van der Waals surface area contributed by atoms with Crippen molar-refractivity contribution in [1.29, 1.82) is 0 Å². The largest absolute Gasteiger partial charge is 0.480 e. The van der Waals surface area contributed by atoms with Crippen LogP contribution >= 0.6 is 22.9 Å². The number of likely N-dealkylation sites (tertiary alicyclic amines) is 1. The number of piperidine rings is 1. The highest BCUT2D eigenvalue weighted by Crippen LogP contribution is 2.49. The van der Waals surface area contributed by atoms with Crippen LogP contribution in [-0.2, 0) is 29.9 Å². The van der Waals surface area contributed by atoms with Crippen molar-refractivity contribution < 1.29 is 14.6 Å². The molecule has 4 rings (SSSR count). The average molecular weight is 410 g/mol. The molecule has 1 saturated heterocycles. The van der Waals surface area contributed by atoms with Gasteiger partial charge in [0, 0.05) is 29.6 Å². The number of thiophene rings is 1. The van der Waals surface area contributed by atoms with Crippen molar-refractivity contribution >= 4 is 22.9 Å². The standard InChI is InChI=1S/C19H24ClN3O3S/c1-12-7-19(17-14(3-6-26-19)15(11-24)18(20)27-17)4-5-23(12)10-13-8-22-16(25-2)9-21-13/h8-9,12,24H,3-7,10-11H2,1-2H3/t12-,19+/m0/s1. The van der Waals surface area contributed by atoms with Crippen LogP contribution in [0, 0.1) is 0 Å². The maximum Gasteiger partial charge on any atom is 0.231 e. The van der Waals surface area contributed by atoms with E-state index >= 15 is 0 Å². The Balaban J connectivity index is 1.52. The maximum absolute atomic E-state index is 9.70. The highest BCUT2D eigenvalue weighted by atomic mass is 35.5. The number of methoxy groups -OCH3 is 1. The van der Waals surface area contributed by atoms with Gasteiger partial charge >= 0.3 is 0 Å². The first-order valence-corrected chi connectivity index (χ1v) is 10.4. The summed E-state index contributed by atoms with van der Waals surface area (Å²) >= 11 is 7.99. The van der Waals surface area contributed by atoms with Gasteiger partial charge in [-0.15, -0.1) is 11.3 Å². The van der Waals surface area contributed by atoms with E-state index < -0.39 is 0 Å². The molecule has 27 heavy (non-hydrogen) atoms. The van der Waals surface area contributed by atoms with Crippen molar-refractivity contribution in [3.8, 4) is 5.88 Å². The Morgan fingerprint density at radius 2 is 2.30 bits per heavy atom. The maximum atomic E-state index is 9.70. The van der Waals surface area contributed by atoms with Gasteiger partial charge in [0.05, 0.1) is 42.7 Å². The van der Waals surface area contributed by atoms with Crippen LogP contribution in [0.15, 0.2) is 12.4 Å². The number of hydrogen-bond donors (Lipinski definition) is 1. The van der Waals surface area contributed by atoms with Crippen LogP contribution < -0.4 is 4.74 Å². The first-order valence-electron chi connectivity index (χ1n) is 9.20. The number of rotatable bonds is 4. The molecule has 0 radical (unpaired) electrons. The van der Waals surface area contributed by atoms with Crippen molar-refractivity contribution in [2.24, 2.45) is 0 Å². The lowest BCUT2D eigenvalue weighted by atomic mass is 9.81. The van der Waals surface area contributed by atoms with Gasteiger partial charge in [-0.3, -0.25) is 9.88 Å². The lowest BCUT2D eigenvalue weighted by Crippen LogP contribution is -2.50. The summed E-state index contributed by atoms with van der Waals surface area (Å²) in [5.41, 5.74) is 2.76. The van der Waals surface area contributed by atoms with E-state index in [9.17, 15) is 5.11 Å². The van der Waals surface area contributed by atoms with Crippen molar-refractivity contribution in [3.63, 3.8) is 0 Å². The molecule has 0 unspecified atom stereocenters. The Bertz CT molecular complexity index is 813. The molecule has 2 aromatic rings. The average Bonchev–Trinajstić information content (AvgIpc) is 3.01. The highest BCUT2D eigenvalue weighted by Gasteiger charge is 2.45. The zero-order chi connectivity index (χ0) is 19.0. The summed E-state index contributed by atoms with van der Waals surface area (Å²) in [5.74, 6) is 0.529. The zero-order valence-corrected chi connectivity index (χ0v) is 17.1. The Morgan fingerprint density at radius 1 is 1.44 bits per heavy atom. The number of aliphatic hydroxyl groups is 1. The first-order chi connectivity index (χ1) is 13.1. The van der Waals surface area contributed by atoms with Crippen molar-refractivity contribution in [1.82, 2.24) is 14.9 Å². The number of ether oxygens (including phenoxy) is 2. The molecule has 1 N–H and O–H groups in total. The number of halogens is 1. The van der Waals surface area contributed by atoms with Gasteiger partial charge in [-0.1, -0.05) is 11.6 Å². The van der Waals surface area contributed by atoms with Gasteiger partial charge in [-0.05, 0) is 31.7 Å². The van der Waals surface area contributed by atoms with E-state index in [4.69, 9.17) is 21.1 Å². The van der Waals surface area contributed by atoms with Crippen LogP contribution in [0.3, 0.4) is 0 Å². The SMILES string of the molecule is COc1cnc(CN2CC[C@]3(C[C@@H]2C)OCCc2c3sc(Cl)c2CO)cn1. The molecule has 0 bridgehead atoms. The van der Waals surface area contributed by atoms with Gasteiger partial charge < -0.3 is 14.6 Å². The third-order valence-electron chi connectivity index (χ3n) is 5.68. The quantitative estimate of drug-likeness (QED) is 0.836. The van der Waals surface area contributed by atoms with Crippen LogP contribution in [0.5, 0.6) is 5.88 Å². The minimum absolute atomic E-state index is 0.00142. The first kappa shape index (κ1) is 19.1. The van der Waals surface area contributed by atoms with Gasteiger partial charge in [0.1, 0.15) is 5.60 Å². The van der Waals surface area contributed by atoms with Gasteiger partial charge in [-0.2, -0.15) is 0 Å². The molecule has 4 heterocycles. The molecule has 0 aliphatic carbocycles. The van der Waals surface area contributed by atoms with E-state index in [1.54, 1.807) is 30.8 Å².